The molecule has 0 aliphatic heterocycles. The van der Waals surface area contributed by atoms with E-state index in [-0.39, 0.29) is 5.91 Å². The Morgan fingerprint density at radius 2 is 1.97 bits per heavy atom. The van der Waals surface area contributed by atoms with Gasteiger partial charge in [0, 0.05) is 29.4 Å². The van der Waals surface area contributed by atoms with Crippen molar-refractivity contribution in [1.29, 1.82) is 0 Å². The highest BCUT2D eigenvalue weighted by atomic mass is 32.1. The van der Waals surface area contributed by atoms with Gasteiger partial charge in [-0.3, -0.25) is 10.1 Å². The topological polar surface area (TPSA) is 72.5 Å². The first-order valence-electron chi connectivity index (χ1n) is 9.54. The van der Waals surface area contributed by atoms with Crippen LogP contribution in [0.5, 0.6) is 11.5 Å². The van der Waals surface area contributed by atoms with Crippen LogP contribution in [0.4, 0.5) is 10.8 Å². The Bertz CT molecular complexity index is 912. The second kappa shape index (κ2) is 10.5. The zero-order chi connectivity index (χ0) is 20.5. The lowest BCUT2D eigenvalue weighted by Gasteiger charge is -2.13. The zero-order valence-corrected chi connectivity index (χ0v) is 17.4. The highest BCUT2D eigenvalue weighted by Gasteiger charge is 2.08. The second-order valence-corrected chi connectivity index (χ2v) is 7.30. The van der Waals surface area contributed by atoms with Crippen molar-refractivity contribution in [3.8, 4) is 11.5 Å². The molecule has 3 rings (SSSR count). The predicted octanol–water partition coefficient (Wildman–Crippen LogP) is 5.20. The molecular weight excluding hydrogens is 386 g/mol. The fraction of sp³-hybridized carbons (Fsp3) is 0.273. The summed E-state index contributed by atoms with van der Waals surface area (Å²) in [6.45, 7) is 3.46. The van der Waals surface area contributed by atoms with Crippen molar-refractivity contribution >= 4 is 28.1 Å². The number of nitrogens with one attached hydrogen (secondary N) is 2. The largest absolute Gasteiger partial charge is 0.493 e. The number of carbonyl (C=O) groups excluding carboxylic acids is 1. The number of ether oxygens (including phenoxy) is 2. The first-order valence-corrected chi connectivity index (χ1v) is 10.4. The van der Waals surface area contributed by atoms with E-state index in [0.717, 1.165) is 35.6 Å². The van der Waals surface area contributed by atoms with Crippen LogP contribution in [-0.4, -0.2) is 24.6 Å². The Hall–Kier alpha value is -3.06. The smallest absolute Gasteiger partial charge is 0.257 e. The molecule has 152 valence electrons. The Balaban J connectivity index is 1.56. The number of anilines is 2. The van der Waals surface area contributed by atoms with Gasteiger partial charge in [0.1, 0.15) is 0 Å². The minimum atomic E-state index is -0.171. The highest BCUT2D eigenvalue weighted by molar-refractivity contribution is 7.13. The molecule has 0 aliphatic carbocycles. The number of benzene rings is 2. The normalized spacial score (nSPS) is 10.4. The van der Waals surface area contributed by atoms with Crippen molar-refractivity contribution in [1.82, 2.24) is 4.98 Å². The number of amides is 1. The van der Waals surface area contributed by atoms with Gasteiger partial charge in [-0.15, -0.1) is 11.3 Å². The third kappa shape index (κ3) is 5.96. The number of unbranched alkanes of at least 4 members (excludes halogenated alkanes) is 1. The summed E-state index contributed by atoms with van der Waals surface area (Å²) in [4.78, 5) is 16.3. The van der Waals surface area contributed by atoms with Gasteiger partial charge in [-0.25, -0.2) is 4.98 Å². The summed E-state index contributed by atoms with van der Waals surface area (Å²) in [5.74, 6) is 1.32. The Morgan fingerprint density at radius 1 is 1.14 bits per heavy atom. The Kier molecular flexibility index (Phi) is 7.47. The van der Waals surface area contributed by atoms with Crippen LogP contribution in [-0.2, 0) is 6.54 Å². The Morgan fingerprint density at radius 3 is 2.66 bits per heavy atom. The first kappa shape index (κ1) is 20.7. The van der Waals surface area contributed by atoms with Gasteiger partial charge < -0.3 is 14.8 Å². The van der Waals surface area contributed by atoms with Crippen LogP contribution in [0.3, 0.4) is 0 Å². The van der Waals surface area contributed by atoms with Crippen molar-refractivity contribution < 1.29 is 14.3 Å². The number of thiazole rings is 1. The third-order valence-electron chi connectivity index (χ3n) is 4.28. The standard InChI is InChI=1S/C22H25N3O3S/c1-3-4-12-28-19-10-5-16(14-20(19)27-2)15-24-18-8-6-17(7-9-18)21(26)25-22-23-11-13-29-22/h5-11,13-14,24H,3-4,12,15H2,1-2H3,(H,23,25,26). The summed E-state index contributed by atoms with van der Waals surface area (Å²) < 4.78 is 11.2. The van der Waals surface area contributed by atoms with E-state index in [1.165, 1.54) is 11.3 Å². The van der Waals surface area contributed by atoms with Crippen molar-refractivity contribution in [2.45, 2.75) is 26.3 Å². The average molecular weight is 412 g/mol. The van der Waals surface area contributed by atoms with E-state index in [0.29, 0.717) is 23.8 Å². The van der Waals surface area contributed by atoms with Gasteiger partial charge in [-0.1, -0.05) is 19.4 Å². The summed E-state index contributed by atoms with van der Waals surface area (Å²) in [6.07, 6.45) is 3.77. The maximum atomic E-state index is 12.2. The van der Waals surface area contributed by atoms with Crippen LogP contribution in [0.2, 0.25) is 0 Å². The maximum Gasteiger partial charge on any atom is 0.257 e. The van der Waals surface area contributed by atoms with E-state index < -0.39 is 0 Å². The Labute approximate surface area is 174 Å². The summed E-state index contributed by atoms with van der Waals surface area (Å²) >= 11 is 1.39. The van der Waals surface area contributed by atoms with Crippen LogP contribution >= 0.6 is 11.3 Å². The van der Waals surface area contributed by atoms with E-state index >= 15 is 0 Å². The molecule has 1 aromatic heterocycles. The fourth-order valence-corrected chi connectivity index (χ4v) is 3.19. The lowest BCUT2D eigenvalue weighted by atomic mass is 10.1. The van der Waals surface area contributed by atoms with Gasteiger partial charge in [0.05, 0.1) is 13.7 Å². The zero-order valence-electron chi connectivity index (χ0n) is 16.6. The van der Waals surface area contributed by atoms with Gasteiger partial charge in [0.15, 0.2) is 16.6 Å². The molecule has 1 heterocycles. The molecule has 29 heavy (non-hydrogen) atoms. The monoisotopic (exact) mass is 411 g/mol. The molecule has 0 atom stereocenters. The van der Waals surface area contributed by atoms with Gasteiger partial charge in [0.25, 0.3) is 5.91 Å². The molecule has 0 spiro atoms. The van der Waals surface area contributed by atoms with E-state index in [1.807, 2.05) is 35.7 Å². The van der Waals surface area contributed by atoms with E-state index in [4.69, 9.17) is 9.47 Å². The number of carbonyl (C=O) groups is 1. The predicted molar refractivity (Wildman–Crippen MR) is 117 cm³/mol. The summed E-state index contributed by atoms with van der Waals surface area (Å²) in [7, 11) is 1.65. The second-order valence-electron chi connectivity index (χ2n) is 6.41. The fourth-order valence-electron chi connectivity index (χ4n) is 2.67. The molecule has 0 fully saturated rings. The third-order valence-corrected chi connectivity index (χ3v) is 4.97. The lowest BCUT2D eigenvalue weighted by molar-refractivity contribution is 0.102. The van der Waals surface area contributed by atoms with Crippen LogP contribution in [0.1, 0.15) is 35.7 Å². The SMILES string of the molecule is CCCCOc1ccc(CNc2ccc(C(=O)Nc3nccs3)cc2)cc1OC. The van der Waals surface area contributed by atoms with Crippen molar-refractivity contribution in [3.63, 3.8) is 0 Å². The van der Waals surface area contributed by atoms with E-state index in [1.54, 1.807) is 25.4 Å². The number of nitrogens with zero attached hydrogens (tertiary/aromatic N) is 1. The molecular formula is C22H25N3O3S. The van der Waals surface area contributed by atoms with Crippen molar-refractivity contribution in [2.24, 2.45) is 0 Å². The van der Waals surface area contributed by atoms with Gasteiger partial charge >= 0.3 is 0 Å². The average Bonchev–Trinajstić information content (AvgIpc) is 3.26. The molecule has 3 aromatic rings. The molecule has 2 aromatic carbocycles. The van der Waals surface area contributed by atoms with Gasteiger partial charge in [0.2, 0.25) is 0 Å². The first-order chi connectivity index (χ1) is 14.2. The molecule has 0 bridgehead atoms. The molecule has 2 N–H and O–H groups in total. The van der Waals surface area contributed by atoms with Crippen molar-refractivity contribution in [3.05, 3.63) is 65.2 Å². The number of aromatic nitrogens is 1. The maximum absolute atomic E-state index is 12.2. The molecule has 0 saturated heterocycles. The molecule has 7 heteroatoms. The summed E-state index contributed by atoms with van der Waals surface area (Å²) in [5, 5.41) is 8.54. The molecule has 1 amide bonds. The highest BCUT2D eigenvalue weighted by Crippen LogP contribution is 2.28. The van der Waals surface area contributed by atoms with Crippen LogP contribution in [0.25, 0.3) is 0 Å². The minimum absolute atomic E-state index is 0.171. The van der Waals surface area contributed by atoms with Crippen LogP contribution in [0, 0.1) is 0 Å². The summed E-state index contributed by atoms with van der Waals surface area (Å²) in [6, 6.07) is 13.3. The van der Waals surface area contributed by atoms with Crippen LogP contribution < -0.4 is 20.1 Å². The van der Waals surface area contributed by atoms with Gasteiger partial charge in [-0.05, 0) is 48.4 Å². The minimum Gasteiger partial charge on any atom is -0.493 e. The number of rotatable bonds is 10. The molecule has 0 unspecified atom stereocenters. The van der Waals surface area contributed by atoms with Crippen LogP contribution in [0.15, 0.2) is 54.0 Å². The van der Waals surface area contributed by atoms with E-state index in [9.17, 15) is 4.79 Å². The molecule has 6 nitrogen and oxygen atoms in total. The molecule has 0 saturated carbocycles. The number of methoxy groups -OCH3 is 1. The number of hydrogen-bond donors (Lipinski definition) is 2. The number of hydrogen-bond acceptors (Lipinski definition) is 6. The summed E-state index contributed by atoms with van der Waals surface area (Å²) in [5.41, 5.74) is 2.59. The van der Waals surface area contributed by atoms with Crippen molar-refractivity contribution in [2.75, 3.05) is 24.4 Å². The quantitative estimate of drug-likeness (QED) is 0.449. The molecule has 0 aliphatic rings. The van der Waals surface area contributed by atoms with Gasteiger partial charge in [-0.2, -0.15) is 0 Å². The molecule has 0 radical (unpaired) electrons. The lowest BCUT2D eigenvalue weighted by Crippen LogP contribution is -2.11. The van der Waals surface area contributed by atoms with E-state index in [2.05, 4.69) is 22.5 Å².